The lowest BCUT2D eigenvalue weighted by atomic mass is 9.85. The van der Waals surface area contributed by atoms with Crippen LogP contribution in [0.3, 0.4) is 0 Å². The van der Waals surface area contributed by atoms with Crippen molar-refractivity contribution in [1.82, 2.24) is 10.2 Å². The fourth-order valence-electron chi connectivity index (χ4n) is 3.88. The van der Waals surface area contributed by atoms with Gasteiger partial charge in [0, 0.05) is 12.6 Å². The van der Waals surface area contributed by atoms with Crippen LogP contribution in [-0.2, 0) is 4.79 Å². The zero-order valence-corrected chi connectivity index (χ0v) is 12.0. The normalized spacial score (nSPS) is 37.3. The Morgan fingerprint density at radius 1 is 1.21 bits per heavy atom. The van der Waals surface area contributed by atoms with Gasteiger partial charge in [-0.3, -0.25) is 4.79 Å². The van der Waals surface area contributed by atoms with Crippen molar-refractivity contribution in [2.75, 3.05) is 6.54 Å². The van der Waals surface area contributed by atoms with Gasteiger partial charge >= 0.3 is 0 Å². The quantitative estimate of drug-likeness (QED) is 0.799. The SMILES string of the molecule is Cl.N#C[C@@H]1CCCN1C(=O)[C@@H]1C[C@@H]2CCCC[C@H]2N1. The molecule has 3 aliphatic rings. The van der Waals surface area contributed by atoms with Crippen molar-refractivity contribution >= 4 is 18.3 Å². The Morgan fingerprint density at radius 3 is 2.74 bits per heavy atom. The molecule has 0 aromatic heterocycles. The van der Waals surface area contributed by atoms with Crippen LogP contribution < -0.4 is 5.32 Å². The van der Waals surface area contributed by atoms with E-state index >= 15 is 0 Å². The van der Waals surface area contributed by atoms with Crippen molar-refractivity contribution in [2.24, 2.45) is 5.92 Å². The summed E-state index contributed by atoms with van der Waals surface area (Å²) in [5.41, 5.74) is 0. The summed E-state index contributed by atoms with van der Waals surface area (Å²) in [5.74, 6) is 0.865. The van der Waals surface area contributed by atoms with Crippen LogP contribution in [0.1, 0.15) is 44.9 Å². The first-order chi connectivity index (χ1) is 8.79. The largest absolute Gasteiger partial charge is 0.325 e. The fourth-order valence-corrected chi connectivity index (χ4v) is 3.88. The molecular formula is C14H22ClN3O. The second-order valence-electron chi connectivity index (χ2n) is 5.92. The van der Waals surface area contributed by atoms with Gasteiger partial charge in [-0.1, -0.05) is 12.8 Å². The Balaban J connectivity index is 0.00000133. The lowest BCUT2D eigenvalue weighted by Gasteiger charge is -2.24. The molecule has 0 radical (unpaired) electrons. The number of hydrogen-bond donors (Lipinski definition) is 1. The molecule has 2 heterocycles. The lowest BCUT2D eigenvalue weighted by molar-refractivity contribution is -0.133. The number of carbonyl (C=O) groups excluding carboxylic acids is 1. The van der Waals surface area contributed by atoms with Gasteiger partial charge in [0.2, 0.25) is 5.91 Å². The summed E-state index contributed by atoms with van der Waals surface area (Å²) in [4.78, 5) is 14.3. The molecule has 2 aliphatic heterocycles. The van der Waals surface area contributed by atoms with Gasteiger partial charge in [0.25, 0.3) is 0 Å². The number of rotatable bonds is 1. The zero-order valence-electron chi connectivity index (χ0n) is 11.2. The lowest BCUT2D eigenvalue weighted by Crippen LogP contribution is -2.47. The molecule has 0 bridgehead atoms. The van der Waals surface area contributed by atoms with Gasteiger partial charge in [0.05, 0.1) is 12.1 Å². The Hall–Kier alpha value is -0.790. The highest BCUT2D eigenvalue weighted by atomic mass is 35.5. The summed E-state index contributed by atoms with van der Waals surface area (Å²) >= 11 is 0. The van der Waals surface area contributed by atoms with Crippen LogP contribution >= 0.6 is 12.4 Å². The highest BCUT2D eigenvalue weighted by Gasteiger charge is 2.41. The maximum atomic E-state index is 12.5. The number of carbonyl (C=O) groups is 1. The minimum absolute atomic E-state index is 0. The molecule has 1 aliphatic carbocycles. The molecule has 4 atom stereocenters. The van der Waals surface area contributed by atoms with E-state index < -0.39 is 0 Å². The van der Waals surface area contributed by atoms with E-state index in [1.54, 1.807) is 4.90 Å². The topological polar surface area (TPSA) is 56.1 Å². The Morgan fingerprint density at radius 2 is 2.00 bits per heavy atom. The number of halogens is 1. The molecule has 3 rings (SSSR count). The number of nitriles is 1. The summed E-state index contributed by atoms with van der Waals surface area (Å²) < 4.78 is 0. The van der Waals surface area contributed by atoms with Gasteiger partial charge in [0.15, 0.2) is 0 Å². The summed E-state index contributed by atoms with van der Waals surface area (Å²) in [6, 6.07) is 2.61. The van der Waals surface area contributed by atoms with Gasteiger partial charge in [0.1, 0.15) is 6.04 Å². The van der Waals surface area contributed by atoms with Gasteiger partial charge < -0.3 is 10.2 Å². The van der Waals surface area contributed by atoms with Crippen molar-refractivity contribution in [3.63, 3.8) is 0 Å². The van der Waals surface area contributed by atoms with E-state index in [0.717, 1.165) is 25.8 Å². The van der Waals surface area contributed by atoms with E-state index in [-0.39, 0.29) is 30.4 Å². The van der Waals surface area contributed by atoms with Gasteiger partial charge in [-0.05, 0) is 38.0 Å². The van der Waals surface area contributed by atoms with E-state index in [4.69, 9.17) is 5.26 Å². The van der Waals surface area contributed by atoms with Crippen LogP contribution in [0, 0.1) is 17.2 Å². The third kappa shape index (κ3) is 2.73. The molecule has 1 N–H and O–H groups in total. The molecule has 5 heteroatoms. The molecule has 0 aromatic carbocycles. The molecule has 2 saturated heterocycles. The average molecular weight is 284 g/mol. The monoisotopic (exact) mass is 283 g/mol. The van der Waals surface area contributed by atoms with Crippen LogP contribution in [0.5, 0.6) is 0 Å². The van der Waals surface area contributed by atoms with E-state index in [1.807, 2.05) is 0 Å². The molecule has 4 nitrogen and oxygen atoms in total. The molecule has 1 amide bonds. The first kappa shape index (κ1) is 14.6. The van der Waals surface area contributed by atoms with E-state index in [2.05, 4.69) is 11.4 Å². The van der Waals surface area contributed by atoms with E-state index in [0.29, 0.717) is 12.0 Å². The summed E-state index contributed by atoms with van der Waals surface area (Å²) in [6.07, 6.45) is 7.90. The molecule has 19 heavy (non-hydrogen) atoms. The predicted octanol–water partition coefficient (Wildman–Crippen LogP) is 1.84. The van der Waals surface area contributed by atoms with Crippen molar-refractivity contribution in [3.05, 3.63) is 0 Å². The molecule has 0 aromatic rings. The summed E-state index contributed by atoms with van der Waals surface area (Å²) in [5, 5.41) is 12.6. The van der Waals surface area contributed by atoms with E-state index in [9.17, 15) is 4.79 Å². The Labute approximate surface area is 120 Å². The van der Waals surface area contributed by atoms with E-state index in [1.165, 1.54) is 25.7 Å². The fraction of sp³-hybridized carbons (Fsp3) is 0.857. The number of likely N-dealkylation sites (tertiary alicyclic amines) is 1. The van der Waals surface area contributed by atoms with Crippen molar-refractivity contribution in [2.45, 2.75) is 63.1 Å². The third-order valence-electron chi connectivity index (χ3n) is 4.85. The molecule has 3 fully saturated rings. The molecule has 1 saturated carbocycles. The molecule has 0 spiro atoms. The molecule has 106 valence electrons. The number of hydrogen-bond acceptors (Lipinski definition) is 3. The van der Waals surface area contributed by atoms with Gasteiger partial charge in [-0.2, -0.15) is 5.26 Å². The van der Waals surface area contributed by atoms with Crippen LogP contribution in [0.2, 0.25) is 0 Å². The van der Waals surface area contributed by atoms with Gasteiger partial charge in [-0.25, -0.2) is 0 Å². The standard InChI is InChI=1S/C14H21N3O.ClH/c15-9-11-5-3-7-17(11)14(18)13-8-10-4-1-2-6-12(10)16-13;/h10-13,16H,1-8H2;1H/t10-,11-,12+,13-;/m0./s1. The number of nitrogens with zero attached hydrogens (tertiary/aromatic N) is 2. The van der Waals surface area contributed by atoms with Crippen LogP contribution in [0.25, 0.3) is 0 Å². The van der Waals surface area contributed by atoms with Gasteiger partial charge in [-0.15, -0.1) is 12.4 Å². The zero-order chi connectivity index (χ0) is 12.5. The highest BCUT2D eigenvalue weighted by molar-refractivity contribution is 5.85. The smallest absolute Gasteiger partial charge is 0.240 e. The summed E-state index contributed by atoms with van der Waals surface area (Å²) in [7, 11) is 0. The first-order valence-electron chi connectivity index (χ1n) is 7.26. The minimum atomic E-state index is -0.179. The predicted molar refractivity (Wildman–Crippen MR) is 74.9 cm³/mol. The molecular weight excluding hydrogens is 262 g/mol. The maximum Gasteiger partial charge on any atom is 0.240 e. The van der Waals surface area contributed by atoms with Crippen LogP contribution in [-0.4, -0.2) is 35.5 Å². The van der Waals surface area contributed by atoms with Crippen LogP contribution in [0.15, 0.2) is 0 Å². The van der Waals surface area contributed by atoms with Crippen molar-refractivity contribution in [1.29, 1.82) is 5.26 Å². The first-order valence-corrected chi connectivity index (χ1v) is 7.26. The van der Waals surface area contributed by atoms with Crippen molar-refractivity contribution in [3.8, 4) is 6.07 Å². The summed E-state index contributed by atoms with van der Waals surface area (Å²) in [6.45, 7) is 0.768. The second-order valence-corrected chi connectivity index (χ2v) is 5.92. The maximum absolute atomic E-state index is 12.5. The number of nitrogens with one attached hydrogen (secondary N) is 1. The molecule has 0 unspecified atom stereocenters. The number of amides is 1. The average Bonchev–Trinajstić information content (AvgIpc) is 3.03. The highest BCUT2D eigenvalue weighted by Crippen LogP contribution is 2.34. The minimum Gasteiger partial charge on any atom is -0.325 e. The second kappa shape index (κ2) is 6.11. The van der Waals surface area contributed by atoms with Crippen LogP contribution in [0.4, 0.5) is 0 Å². The Bertz CT molecular complexity index is 367. The third-order valence-corrected chi connectivity index (χ3v) is 4.85. The number of fused-ring (bicyclic) bond motifs is 1. The Kier molecular flexibility index (Phi) is 4.70. The van der Waals surface area contributed by atoms with Crippen molar-refractivity contribution < 1.29 is 4.79 Å².